The molecule has 0 spiro atoms. The molecule has 1 saturated heterocycles. The van der Waals surface area contributed by atoms with Gasteiger partial charge in [0.15, 0.2) is 5.78 Å². The molecule has 1 aromatic rings. The topological polar surface area (TPSA) is 81.1 Å². The van der Waals surface area contributed by atoms with Gasteiger partial charge >= 0.3 is 5.97 Å². The SMILES string of the molecule is CC1CCc2c(N3CCC(O)CC3)c(F)cc3c2N1CC(=O)C3C(=O)O. The second-order valence-electron chi connectivity index (χ2n) is 7.59. The zero-order valence-electron chi connectivity index (χ0n) is 14.7. The van der Waals surface area contributed by atoms with Crippen molar-refractivity contribution >= 4 is 23.1 Å². The maximum atomic E-state index is 15.1. The van der Waals surface area contributed by atoms with Crippen LogP contribution in [0.2, 0.25) is 0 Å². The Hall–Kier alpha value is -2.15. The Balaban J connectivity index is 1.88. The predicted molar refractivity (Wildman–Crippen MR) is 94.4 cm³/mol. The van der Waals surface area contributed by atoms with E-state index in [2.05, 4.69) is 0 Å². The van der Waals surface area contributed by atoms with Gasteiger partial charge in [-0.25, -0.2) is 4.39 Å². The third kappa shape index (κ3) is 2.57. The lowest BCUT2D eigenvalue weighted by Gasteiger charge is -2.44. The van der Waals surface area contributed by atoms with Gasteiger partial charge in [-0.1, -0.05) is 0 Å². The number of anilines is 2. The van der Waals surface area contributed by atoms with Crippen LogP contribution in [0, 0.1) is 5.82 Å². The third-order valence-electron chi connectivity index (χ3n) is 5.97. The molecule has 0 amide bonds. The lowest BCUT2D eigenvalue weighted by molar-refractivity contribution is -0.142. The molecule has 7 heteroatoms. The standard InChI is InChI=1S/C19H23FN2O4/c1-10-2-3-12-17-13(16(19(25)26)15(24)9-22(10)17)8-14(20)18(12)21-6-4-11(23)5-7-21/h8,10-11,16,23H,2-7,9H2,1H3,(H,25,26). The molecule has 26 heavy (non-hydrogen) atoms. The fourth-order valence-electron chi connectivity index (χ4n) is 4.60. The Morgan fingerprint density at radius 1 is 1.23 bits per heavy atom. The molecule has 1 aromatic carbocycles. The molecule has 1 fully saturated rings. The summed E-state index contributed by atoms with van der Waals surface area (Å²) in [5, 5.41) is 19.3. The van der Waals surface area contributed by atoms with Gasteiger partial charge in [0, 0.05) is 35.9 Å². The zero-order chi connectivity index (χ0) is 18.6. The van der Waals surface area contributed by atoms with Crippen molar-refractivity contribution in [3.63, 3.8) is 0 Å². The Labute approximate surface area is 151 Å². The van der Waals surface area contributed by atoms with Crippen molar-refractivity contribution in [3.8, 4) is 0 Å². The van der Waals surface area contributed by atoms with Crippen molar-refractivity contribution in [1.29, 1.82) is 0 Å². The van der Waals surface area contributed by atoms with E-state index < -0.39 is 23.5 Å². The van der Waals surface area contributed by atoms with Crippen LogP contribution >= 0.6 is 0 Å². The van der Waals surface area contributed by atoms with Gasteiger partial charge in [-0.05, 0) is 38.7 Å². The minimum atomic E-state index is -1.29. The average Bonchev–Trinajstić information content (AvgIpc) is 2.58. The number of aliphatic hydroxyl groups excluding tert-OH is 1. The van der Waals surface area contributed by atoms with Crippen molar-refractivity contribution in [2.24, 2.45) is 0 Å². The highest BCUT2D eigenvalue weighted by Crippen LogP contribution is 2.47. The van der Waals surface area contributed by atoms with Crippen molar-refractivity contribution in [2.75, 3.05) is 29.4 Å². The molecule has 0 bridgehead atoms. The van der Waals surface area contributed by atoms with E-state index in [0.29, 0.717) is 38.0 Å². The summed E-state index contributed by atoms with van der Waals surface area (Å²) in [7, 11) is 0. The molecule has 140 valence electrons. The Kier molecular flexibility index (Phi) is 4.14. The summed E-state index contributed by atoms with van der Waals surface area (Å²) in [4.78, 5) is 28.0. The quantitative estimate of drug-likeness (QED) is 0.779. The number of ketones is 1. The fourth-order valence-corrected chi connectivity index (χ4v) is 4.60. The largest absolute Gasteiger partial charge is 0.480 e. The first kappa shape index (κ1) is 17.3. The molecule has 6 nitrogen and oxygen atoms in total. The Bertz CT molecular complexity index is 773. The minimum Gasteiger partial charge on any atom is -0.480 e. The Morgan fingerprint density at radius 3 is 2.58 bits per heavy atom. The van der Waals surface area contributed by atoms with Crippen LogP contribution in [0.4, 0.5) is 15.8 Å². The van der Waals surface area contributed by atoms with E-state index in [4.69, 9.17) is 0 Å². The summed E-state index contributed by atoms with van der Waals surface area (Å²) < 4.78 is 15.1. The van der Waals surface area contributed by atoms with Gasteiger partial charge in [-0.15, -0.1) is 0 Å². The maximum absolute atomic E-state index is 15.1. The van der Waals surface area contributed by atoms with Gasteiger partial charge in [0.05, 0.1) is 18.3 Å². The van der Waals surface area contributed by atoms with Crippen LogP contribution in [-0.4, -0.2) is 53.7 Å². The lowest BCUT2D eigenvalue weighted by Crippen LogP contribution is -2.48. The van der Waals surface area contributed by atoms with Crippen LogP contribution in [0.3, 0.4) is 0 Å². The summed E-state index contributed by atoms with van der Waals surface area (Å²) >= 11 is 0. The molecule has 2 N–H and O–H groups in total. The van der Waals surface area contributed by atoms with Crippen LogP contribution < -0.4 is 9.80 Å². The van der Waals surface area contributed by atoms with Crippen LogP contribution in [0.1, 0.15) is 43.2 Å². The van der Waals surface area contributed by atoms with Gasteiger partial charge in [0.1, 0.15) is 11.7 Å². The summed E-state index contributed by atoms with van der Waals surface area (Å²) in [6.45, 7) is 3.21. The van der Waals surface area contributed by atoms with E-state index in [9.17, 15) is 19.8 Å². The van der Waals surface area contributed by atoms with Crippen LogP contribution in [0.15, 0.2) is 6.07 Å². The molecular weight excluding hydrogens is 339 g/mol. The van der Waals surface area contributed by atoms with E-state index in [1.807, 2.05) is 16.7 Å². The molecule has 3 aliphatic rings. The first-order valence-electron chi connectivity index (χ1n) is 9.19. The van der Waals surface area contributed by atoms with E-state index in [0.717, 1.165) is 17.7 Å². The van der Waals surface area contributed by atoms with Crippen molar-refractivity contribution in [3.05, 3.63) is 23.0 Å². The molecule has 3 heterocycles. The van der Waals surface area contributed by atoms with Crippen molar-refractivity contribution < 1.29 is 24.2 Å². The highest BCUT2D eigenvalue weighted by Gasteiger charge is 2.43. The minimum absolute atomic E-state index is 0.0575. The number of Topliss-reactive ketones (excluding diaryl/α,β-unsaturated/α-hetero) is 1. The number of hydrogen-bond donors (Lipinski definition) is 2. The number of hydrogen-bond acceptors (Lipinski definition) is 5. The summed E-state index contributed by atoms with van der Waals surface area (Å²) in [5.41, 5.74) is 2.35. The molecule has 2 atom stereocenters. The number of carbonyl (C=O) groups is 2. The molecular formula is C19H23FN2O4. The first-order chi connectivity index (χ1) is 12.4. The van der Waals surface area contributed by atoms with Crippen LogP contribution in [0.25, 0.3) is 0 Å². The van der Waals surface area contributed by atoms with Crippen LogP contribution in [-0.2, 0) is 16.0 Å². The second kappa shape index (κ2) is 6.23. The summed E-state index contributed by atoms with van der Waals surface area (Å²) in [6.07, 6.45) is 2.28. The van der Waals surface area contributed by atoms with Crippen LogP contribution in [0.5, 0.6) is 0 Å². The smallest absolute Gasteiger partial charge is 0.318 e. The number of benzene rings is 1. The number of rotatable bonds is 2. The maximum Gasteiger partial charge on any atom is 0.318 e. The number of piperidine rings is 1. The first-order valence-corrected chi connectivity index (χ1v) is 9.19. The lowest BCUT2D eigenvalue weighted by atomic mass is 9.81. The second-order valence-corrected chi connectivity index (χ2v) is 7.59. The number of nitrogens with zero attached hydrogens (tertiary/aromatic N) is 2. The predicted octanol–water partition coefficient (Wildman–Crippen LogP) is 1.68. The number of aliphatic hydroxyl groups is 1. The third-order valence-corrected chi connectivity index (χ3v) is 5.97. The van der Waals surface area contributed by atoms with Gasteiger partial charge in [0.25, 0.3) is 0 Å². The van der Waals surface area contributed by atoms with Gasteiger partial charge in [-0.3, -0.25) is 9.59 Å². The molecule has 2 unspecified atom stereocenters. The number of halogens is 1. The number of carboxylic acid groups (broad SMARTS) is 1. The molecule has 0 aliphatic carbocycles. The van der Waals surface area contributed by atoms with Crippen molar-refractivity contribution in [2.45, 2.75) is 50.7 Å². The normalized spacial score (nSPS) is 26.0. The van der Waals surface area contributed by atoms with E-state index in [1.165, 1.54) is 6.07 Å². The Morgan fingerprint density at radius 2 is 1.92 bits per heavy atom. The molecule has 0 saturated carbocycles. The zero-order valence-corrected chi connectivity index (χ0v) is 14.7. The van der Waals surface area contributed by atoms with Gasteiger partial charge in [0.2, 0.25) is 0 Å². The monoisotopic (exact) mass is 362 g/mol. The number of aliphatic carboxylic acids is 1. The fraction of sp³-hybridized carbons (Fsp3) is 0.579. The molecule has 4 rings (SSSR count). The van der Waals surface area contributed by atoms with E-state index >= 15 is 4.39 Å². The van der Waals surface area contributed by atoms with Crippen molar-refractivity contribution in [1.82, 2.24) is 0 Å². The molecule has 0 aromatic heterocycles. The molecule has 3 aliphatic heterocycles. The summed E-state index contributed by atoms with van der Waals surface area (Å²) in [6, 6.07) is 1.36. The highest BCUT2D eigenvalue weighted by atomic mass is 19.1. The number of carboxylic acids is 1. The number of carbonyl (C=O) groups excluding carboxylic acids is 1. The van der Waals surface area contributed by atoms with E-state index in [-0.39, 0.29) is 24.3 Å². The van der Waals surface area contributed by atoms with Gasteiger partial charge < -0.3 is 20.0 Å². The van der Waals surface area contributed by atoms with E-state index in [1.54, 1.807) is 0 Å². The summed E-state index contributed by atoms with van der Waals surface area (Å²) in [5.74, 6) is -3.37. The average molecular weight is 362 g/mol. The molecule has 0 radical (unpaired) electrons. The highest BCUT2D eigenvalue weighted by molar-refractivity contribution is 6.09. The van der Waals surface area contributed by atoms with Gasteiger partial charge in [-0.2, -0.15) is 0 Å².